The van der Waals surface area contributed by atoms with Crippen molar-refractivity contribution in [2.45, 2.75) is 44.8 Å². The van der Waals surface area contributed by atoms with Gasteiger partial charge in [0.05, 0.1) is 29.5 Å². The molecule has 0 spiro atoms. The van der Waals surface area contributed by atoms with E-state index < -0.39 is 0 Å². The lowest BCUT2D eigenvalue weighted by Gasteiger charge is -2.20. The summed E-state index contributed by atoms with van der Waals surface area (Å²) in [6, 6.07) is 7.97. The Hall–Kier alpha value is -2.05. The van der Waals surface area contributed by atoms with Gasteiger partial charge in [-0.1, -0.05) is 25.5 Å². The number of hydrogen-bond donors (Lipinski definition) is 2. The van der Waals surface area contributed by atoms with Crippen molar-refractivity contribution >= 4 is 16.9 Å². The number of carbonyl (C=O) groups excluding carboxylic acids is 1. The summed E-state index contributed by atoms with van der Waals surface area (Å²) in [6.07, 6.45) is 4.77. The van der Waals surface area contributed by atoms with Gasteiger partial charge in [0, 0.05) is 13.1 Å². The Kier molecular flexibility index (Phi) is 4.83. The molecular weight excluding hydrogens is 290 g/mol. The molecule has 1 aliphatic heterocycles. The number of hydrogen-bond acceptors (Lipinski definition) is 5. The van der Waals surface area contributed by atoms with E-state index in [4.69, 9.17) is 0 Å². The molecular formula is C17H23N5O. The predicted octanol–water partition coefficient (Wildman–Crippen LogP) is 1.62. The van der Waals surface area contributed by atoms with Crippen LogP contribution in [0.25, 0.3) is 11.0 Å². The molecule has 0 bridgehead atoms. The number of nitrogens with zero attached hydrogens (tertiary/aromatic N) is 3. The molecule has 3 rings (SSSR count). The molecule has 2 N–H and O–H groups in total. The van der Waals surface area contributed by atoms with Gasteiger partial charge in [0.1, 0.15) is 6.04 Å². The fraction of sp³-hybridized carbons (Fsp3) is 0.471. The minimum Gasteiger partial charge on any atom is -0.338 e. The van der Waals surface area contributed by atoms with Gasteiger partial charge in [0.25, 0.3) is 0 Å². The summed E-state index contributed by atoms with van der Waals surface area (Å²) in [5.74, 6) is 0.0889. The molecule has 1 amide bonds. The van der Waals surface area contributed by atoms with Crippen LogP contribution in [0, 0.1) is 0 Å². The van der Waals surface area contributed by atoms with Crippen LogP contribution in [0.3, 0.4) is 0 Å². The van der Waals surface area contributed by atoms with Crippen molar-refractivity contribution in [2.24, 2.45) is 0 Å². The van der Waals surface area contributed by atoms with Crippen LogP contribution in [0.1, 0.15) is 31.9 Å². The van der Waals surface area contributed by atoms with Crippen molar-refractivity contribution in [3.05, 3.63) is 36.2 Å². The lowest BCUT2D eigenvalue weighted by molar-refractivity contribution is -0.132. The standard InChI is InChI=1S/C17H23N5O/c1-3-6-12-9-16(21-20-12)17(23)22(2)11-13-10-18-14-7-4-5-8-15(14)19-13/h4-5,7-8,10,12,16,20-21H,3,6,9,11H2,1-2H3. The van der Waals surface area contributed by atoms with Gasteiger partial charge in [-0.3, -0.25) is 15.2 Å². The van der Waals surface area contributed by atoms with Crippen molar-refractivity contribution in [1.82, 2.24) is 25.7 Å². The SMILES string of the molecule is CCCC1CC(C(=O)N(C)Cc2cnc3ccccc3n2)NN1. The second-order valence-corrected chi connectivity index (χ2v) is 6.11. The Morgan fingerprint density at radius 2 is 2.09 bits per heavy atom. The normalized spacial score (nSPS) is 20.8. The molecule has 2 heterocycles. The van der Waals surface area contributed by atoms with Crippen molar-refractivity contribution in [1.29, 1.82) is 0 Å². The summed E-state index contributed by atoms with van der Waals surface area (Å²) < 4.78 is 0. The number of para-hydroxylation sites is 2. The van der Waals surface area contributed by atoms with Gasteiger partial charge >= 0.3 is 0 Å². The molecule has 2 atom stereocenters. The lowest BCUT2D eigenvalue weighted by atomic mass is 10.1. The number of rotatable bonds is 5. The molecule has 1 fully saturated rings. The second-order valence-electron chi connectivity index (χ2n) is 6.11. The van der Waals surface area contributed by atoms with Crippen LogP contribution in [-0.4, -0.2) is 39.9 Å². The van der Waals surface area contributed by atoms with Crippen molar-refractivity contribution in [3.8, 4) is 0 Å². The summed E-state index contributed by atoms with van der Waals surface area (Å²) in [5.41, 5.74) is 8.84. The van der Waals surface area contributed by atoms with Gasteiger partial charge < -0.3 is 4.90 Å². The molecule has 6 nitrogen and oxygen atoms in total. The molecule has 122 valence electrons. The third kappa shape index (κ3) is 3.65. The summed E-state index contributed by atoms with van der Waals surface area (Å²) >= 11 is 0. The van der Waals surface area contributed by atoms with E-state index in [2.05, 4.69) is 27.7 Å². The summed E-state index contributed by atoms with van der Waals surface area (Å²) in [4.78, 5) is 23.2. The van der Waals surface area contributed by atoms with Gasteiger partial charge in [0.2, 0.25) is 5.91 Å². The maximum atomic E-state index is 12.5. The number of fused-ring (bicyclic) bond motifs is 1. The molecule has 1 aromatic heterocycles. The Morgan fingerprint density at radius 3 is 2.87 bits per heavy atom. The number of benzene rings is 1. The third-order valence-electron chi connectivity index (χ3n) is 4.19. The number of nitrogens with one attached hydrogen (secondary N) is 2. The van der Waals surface area contributed by atoms with Crippen LogP contribution >= 0.6 is 0 Å². The molecule has 23 heavy (non-hydrogen) atoms. The van der Waals surface area contributed by atoms with Crippen LogP contribution in [-0.2, 0) is 11.3 Å². The fourth-order valence-corrected chi connectivity index (χ4v) is 2.98. The Morgan fingerprint density at radius 1 is 1.30 bits per heavy atom. The minimum absolute atomic E-state index is 0.0889. The summed E-state index contributed by atoms with van der Waals surface area (Å²) in [6.45, 7) is 2.62. The van der Waals surface area contributed by atoms with Gasteiger partial charge in [-0.2, -0.15) is 0 Å². The topological polar surface area (TPSA) is 70.2 Å². The maximum Gasteiger partial charge on any atom is 0.241 e. The number of carbonyl (C=O) groups is 1. The van der Waals surface area contributed by atoms with E-state index in [-0.39, 0.29) is 11.9 Å². The van der Waals surface area contributed by atoms with Gasteiger partial charge in [0.15, 0.2) is 0 Å². The van der Waals surface area contributed by atoms with Crippen LogP contribution in [0.2, 0.25) is 0 Å². The highest BCUT2D eigenvalue weighted by Crippen LogP contribution is 2.14. The second kappa shape index (κ2) is 7.02. The molecule has 1 saturated heterocycles. The van der Waals surface area contributed by atoms with Crippen molar-refractivity contribution in [2.75, 3.05) is 7.05 Å². The molecule has 1 aromatic carbocycles. The zero-order chi connectivity index (χ0) is 16.2. The summed E-state index contributed by atoms with van der Waals surface area (Å²) in [5, 5.41) is 0. The third-order valence-corrected chi connectivity index (χ3v) is 4.19. The Bertz CT molecular complexity index is 689. The molecule has 1 aliphatic rings. The van der Waals surface area contributed by atoms with Gasteiger partial charge in [-0.05, 0) is 25.0 Å². The first-order valence-electron chi connectivity index (χ1n) is 8.14. The molecule has 2 aromatic rings. The average molecular weight is 313 g/mol. The predicted molar refractivity (Wildman–Crippen MR) is 89.4 cm³/mol. The van der Waals surface area contributed by atoms with E-state index in [1.54, 1.807) is 11.1 Å². The fourth-order valence-electron chi connectivity index (χ4n) is 2.98. The van der Waals surface area contributed by atoms with Crippen LogP contribution < -0.4 is 10.9 Å². The van der Waals surface area contributed by atoms with Crippen LogP contribution in [0.5, 0.6) is 0 Å². The lowest BCUT2D eigenvalue weighted by Crippen LogP contribution is -2.44. The molecule has 0 aliphatic carbocycles. The number of amides is 1. The molecule has 0 radical (unpaired) electrons. The smallest absolute Gasteiger partial charge is 0.241 e. The Labute approximate surface area is 136 Å². The molecule has 2 unspecified atom stereocenters. The summed E-state index contributed by atoms with van der Waals surface area (Å²) in [7, 11) is 1.81. The highest BCUT2D eigenvalue weighted by molar-refractivity contribution is 5.82. The molecule has 0 saturated carbocycles. The van der Waals surface area contributed by atoms with Gasteiger partial charge in [-0.25, -0.2) is 10.4 Å². The van der Waals surface area contributed by atoms with E-state index in [1.807, 2.05) is 31.3 Å². The van der Waals surface area contributed by atoms with E-state index in [0.29, 0.717) is 12.6 Å². The Balaban J connectivity index is 1.63. The zero-order valence-electron chi connectivity index (χ0n) is 13.6. The number of aromatic nitrogens is 2. The zero-order valence-corrected chi connectivity index (χ0v) is 13.6. The van der Waals surface area contributed by atoms with Crippen molar-refractivity contribution < 1.29 is 4.79 Å². The van der Waals surface area contributed by atoms with Crippen LogP contribution in [0.15, 0.2) is 30.5 Å². The van der Waals surface area contributed by atoms with Gasteiger partial charge in [-0.15, -0.1) is 0 Å². The van der Waals surface area contributed by atoms with E-state index >= 15 is 0 Å². The first-order chi connectivity index (χ1) is 11.2. The monoisotopic (exact) mass is 313 g/mol. The number of likely N-dealkylation sites (N-methyl/N-ethyl adjacent to an activating group) is 1. The number of hydrazine groups is 1. The quantitative estimate of drug-likeness (QED) is 0.878. The van der Waals surface area contributed by atoms with E-state index in [0.717, 1.165) is 36.0 Å². The van der Waals surface area contributed by atoms with E-state index in [9.17, 15) is 4.79 Å². The highest BCUT2D eigenvalue weighted by Gasteiger charge is 2.30. The van der Waals surface area contributed by atoms with Crippen molar-refractivity contribution in [3.63, 3.8) is 0 Å². The average Bonchev–Trinajstić information content (AvgIpc) is 3.03. The first kappa shape index (κ1) is 15.8. The largest absolute Gasteiger partial charge is 0.338 e. The first-order valence-corrected chi connectivity index (χ1v) is 8.14. The minimum atomic E-state index is -0.162. The van der Waals surface area contributed by atoms with E-state index in [1.165, 1.54) is 0 Å². The maximum absolute atomic E-state index is 12.5. The highest BCUT2D eigenvalue weighted by atomic mass is 16.2. The van der Waals surface area contributed by atoms with Crippen LogP contribution in [0.4, 0.5) is 0 Å². The molecule has 6 heteroatoms.